The van der Waals surface area contributed by atoms with Gasteiger partial charge in [0.2, 0.25) is 5.91 Å². The molecule has 1 fully saturated rings. The van der Waals surface area contributed by atoms with E-state index < -0.39 is 17.8 Å². The number of carboxylic acids is 1. The van der Waals surface area contributed by atoms with Crippen molar-refractivity contribution in [2.75, 3.05) is 5.32 Å². The van der Waals surface area contributed by atoms with E-state index in [4.69, 9.17) is 5.11 Å². The predicted molar refractivity (Wildman–Crippen MR) is 68.6 cm³/mol. The number of nitrogens with zero attached hydrogens (tertiary/aromatic N) is 1. The minimum absolute atomic E-state index is 0.212. The summed E-state index contributed by atoms with van der Waals surface area (Å²) in [7, 11) is 0. The van der Waals surface area contributed by atoms with Crippen LogP contribution >= 0.6 is 11.3 Å². The molecule has 0 aromatic carbocycles. The van der Waals surface area contributed by atoms with Gasteiger partial charge in [0.05, 0.1) is 11.8 Å². The van der Waals surface area contributed by atoms with E-state index in [1.165, 1.54) is 11.3 Å². The predicted octanol–water partition coefficient (Wildman–Crippen LogP) is 2.28. The standard InChI is InChI=1S/C12H16N2O3S/c1-7-6-13-12(18-7)14-10(15)8-4-2-3-5-9(8)11(16)17/h6,8-9H,2-5H2,1H3,(H,16,17)(H,13,14,15)/t8-,9-/m1/s1. The highest BCUT2D eigenvalue weighted by Crippen LogP contribution is 2.31. The zero-order valence-corrected chi connectivity index (χ0v) is 11.0. The molecule has 98 valence electrons. The number of hydrogen-bond donors (Lipinski definition) is 2. The lowest BCUT2D eigenvalue weighted by molar-refractivity contribution is -0.147. The largest absolute Gasteiger partial charge is 0.481 e. The van der Waals surface area contributed by atoms with Crippen molar-refractivity contribution in [3.63, 3.8) is 0 Å². The van der Waals surface area contributed by atoms with Crippen molar-refractivity contribution in [3.8, 4) is 0 Å². The van der Waals surface area contributed by atoms with Crippen molar-refractivity contribution >= 4 is 28.3 Å². The summed E-state index contributed by atoms with van der Waals surface area (Å²) in [5, 5.41) is 12.4. The average molecular weight is 268 g/mol. The van der Waals surface area contributed by atoms with Crippen LogP contribution in [-0.2, 0) is 9.59 Å². The molecule has 0 radical (unpaired) electrons. The number of hydrogen-bond acceptors (Lipinski definition) is 4. The first kappa shape index (κ1) is 13.0. The Labute approximate surface area is 109 Å². The minimum Gasteiger partial charge on any atom is -0.481 e. The van der Waals surface area contributed by atoms with Gasteiger partial charge in [-0.25, -0.2) is 4.98 Å². The Morgan fingerprint density at radius 2 is 2.06 bits per heavy atom. The molecule has 1 aliphatic rings. The van der Waals surface area contributed by atoms with Crippen molar-refractivity contribution in [2.24, 2.45) is 11.8 Å². The van der Waals surface area contributed by atoms with E-state index in [2.05, 4.69) is 10.3 Å². The fraction of sp³-hybridized carbons (Fsp3) is 0.583. The molecule has 1 aliphatic carbocycles. The van der Waals surface area contributed by atoms with E-state index in [0.717, 1.165) is 17.7 Å². The molecule has 1 saturated carbocycles. The first-order chi connectivity index (χ1) is 8.58. The molecule has 0 unspecified atom stereocenters. The van der Waals surface area contributed by atoms with Crippen LogP contribution in [0.1, 0.15) is 30.6 Å². The number of anilines is 1. The normalized spacial score (nSPS) is 23.6. The Hall–Kier alpha value is -1.43. The highest BCUT2D eigenvalue weighted by atomic mass is 32.1. The topological polar surface area (TPSA) is 79.3 Å². The van der Waals surface area contributed by atoms with Crippen LogP contribution in [0.25, 0.3) is 0 Å². The minimum atomic E-state index is -0.870. The second-order valence-corrected chi connectivity index (χ2v) is 5.84. The lowest BCUT2D eigenvalue weighted by Gasteiger charge is -2.26. The van der Waals surface area contributed by atoms with E-state index in [0.29, 0.717) is 18.0 Å². The van der Waals surface area contributed by atoms with E-state index in [9.17, 15) is 9.59 Å². The van der Waals surface area contributed by atoms with Crippen molar-refractivity contribution in [1.82, 2.24) is 4.98 Å². The van der Waals surface area contributed by atoms with Crippen LogP contribution in [-0.4, -0.2) is 22.0 Å². The Morgan fingerprint density at radius 3 is 2.61 bits per heavy atom. The number of aromatic nitrogens is 1. The molecule has 2 rings (SSSR count). The molecule has 1 aromatic heterocycles. The highest BCUT2D eigenvalue weighted by molar-refractivity contribution is 7.15. The summed E-state index contributed by atoms with van der Waals surface area (Å²) in [5.41, 5.74) is 0. The average Bonchev–Trinajstić information content (AvgIpc) is 2.74. The fourth-order valence-electron chi connectivity index (χ4n) is 2.35. The van der Waals surface area contributed by atoms with E-state index in [1.807, 2.05) is 6.92 Å². The number of carbonyl (C=O) groups excluding carboxylic acids is 1. The summed E-state index contributed by atoms with van der Waals surface area (Å²) in [6, 6.07) is 0. The van der Waals surface area contributed by atoms with Crippen LogP contribution in [0, 0.1) is 18.8 Å². The van der Waals surface area contributed by atoms with Gasteiger partial charge in [-0.1, -0.05) is 12.8 Å². The number of rotatable bonds is 3. The van der Waals surface area contributed by atoms with Gasteiger partial charge in [-0.3, -0.25) is 9.59 Å². The van der Waals surface area contributed by atoms with Gasteiger partial charge in [0, 0.05) is 11.1 Å². The summed E-state index contributed by atoms with van der Waals surface area (Å²) < 4.78 is 0. The SMILES string of the molecule is Cc1cnc(NC(=O)[C@@H]2CCCC[C@H]2C(=O)O)s1. The smallest absolute Gasteiger partial charge is 0.307 e. The first-order valence-electron chi connectivity index (χ1n) is 6.04. The number of carboxylic acid groups (broad SMARTS) is 1. The summed E-state index contributed by atoms with van der Waals surface area (Å²) >= 11 is 1.40. The number of nitrogens with one attached hydrogen (secondary N) is 1. The molecule has 2 N–H and O–H groups in total. The molecule has 1 amide bonds. The second-order valence-electron chi connectivity index (χ2n) is 4.60. The van der Waals surface area contributed by atoms with Gasteiger partial charge in [0.25, 0.3) is 0 Å². The Kier molecular flexibility index (Phi) is 3.96. The quantitative estimate of drug-likeness (QED) is 0.881. The number of thiazole rings is 1. The van der Waals surface area contributed by atoms with Crippen LogP contribution in [0.5, 0.6) is 0 Å². The molecule has 1 aromatic rings. The van der Waals surface area contributed by atoms with Crippen molar-refractivity contribution < 1.29 is 14.7 Å². The van der Waals surface area contributed by atoms with E-state index in [1.54, 1.807) is 6.20 Å². The van der Waals surface area contributed by atoms with Crippen LogP contribution in [0.15, 0.2) is 6.20 Å². The third-order valence-electron chi connectivity index (χ3n) is 3.27. The highest BCUT2D eigenvalue weighted by Gasteiger charge is 2.35. The Bertz CT molecular complexity index is 458. The molecular weight excluding hydrogens is 252 g/mol. The van der Waals surface area contributed by atoms with Gasteiger partial charge in [0.15, 0.2) is 5.13 Å². The zero-order chi connectivity index (χ0) is 13.1. The third-order valence-corrected chi connectivity index (χ3v) is 4.10. The van der Waals surface area contributed by atoms with E-state index in [-0.39, 0.29) is 5.91 Å². The number of aryl methyl sites for hydroxylation is 1. The Balaban J connectivity index is 2.04. The molecule has 6 heteroatoms. The lowest BCUT2D eigenvalue weighted by Crippen LogP contribution is -2.36. The van der Waals surface area contributed by atoms with Crippen LogP contribution in [0.3, 0.4) is 0 Å². The molecular formula is C12H16N2O3S. The second kappa shape index (κ2) is 5.48. The summed E-state index contributed by atoms with van der Waals surface area (Å²) in [4.78, 5) is 28.3. The lowest BCUT2D eigenvalue weighted by atomic mass is 9.79. The van der Waals surface area contributed by atoms with Gasteiger partial charge < -0.3 is 10.4 Å². The van der Waals surface area contributed by atoms with E-state index >= 15 is 0 Å². The summed E-state index contributed by atoms with van der Waals surface area (Å²) in [6.45, 7) is 1.91. The van der Waals surface area contributed by atoms with Gasteiger partial charge in [0.1, 0.15) is 0 Å². The number of amides is 1. The molecule has 2 atom stereocenters. The third kappa shape index (κ3) is 2.87. The van der Waals surface area contributed by atoms with Gasteiger partial charge in [-0.2, -0.15) is 0 Å². The summed E-state index contributed by atoms with van der Waals surface area (Å²) in [6.07, 6.45) is 4.73. The molecule has 0 bridgehead atoms. The van der Waals surface area contributed by atoms with Crippen molar-refractivity contribution in [1.29, 1.82) is 0 Å². The first-order valence-corrected chi connectivity index (χ1v) is 6.85. The molecule has 18 heavy (non-hydrogen) atoms. The zero-order valence-electron chi connectivity index (χ0n) is 10.2. The van der Waals surface area contributed by atoms with Gasteiger partial charge in [-0.05, 0) is 19.8 Å². The maximum atomic E-state index is 12.1. The summed E-state index contributed by atoms with van der Waals surface area (Å²) in [5.74, 6) is -2.07. The molecule has 0 aliphatic heterocycles. The van der Waals surface area contributed by atoms with Gasteiger partial charge >= 0.3 is 5.97 Å². The maximum absolute atomic E-state index is 12.1. The van der Waals surface area contributed by atoms with Crippen LogP contribution in [0.2, 0.25) is 0 Å². The van der Waals surface area contributed by atoms with Crippen molar-refractivity contribution in [3.05, 3.63) is 11.1 Å². The fourth-order valence-corrected chi connectivity index (χ4v) is 3.02. The van der Waals surface area contributed by atoms with Crippen LogP contribution in [0.4, 0.5) is 5.13 Å². The van der Waals surface area contributed by atoms with Crippen LogP contribution < -0.4 is 5.32 Å². The molecule has 0 saturated heterocycles. The number of carbonyl (C=O) groups is 2. The molecule has 0 spiro atoms. The van der Waals surface area contributed by atoms with Crippen molar-refractivity contribution in [2.45, 2.75) is 32.6 Å². The molecule has 1 heterocycles. The number of aliphatic carboxylic acids is 1. The Morgan fingerprint density at radius 1 is 1.39 bits per heavy atom. The molecule has 5 nitrogen and oxygen atoms in total. The monoisotopic (exact) mass is 268 g/mol. The maximum Gasteiger partial charge on any atom is 0.307 e. The van der Waals surface area contributed by atoms with Gasteiger partial charge in [-0.15, -0.1) is 11.3 Å².